The van der Waals surface area contributed by atoms with Crippen molar-refractivity contribution in [2.24, 2.45) is 10.9 Å². The molecule has 110 valence electrons. The van der Waals surface area contributed by atoms with Crippen LogP contribution in [0, 0.1) is 19.7 Å². The summed E-state index contributed by atoms with van der Waals surface area (Å²) >= 11 is 0. The fourth-order valence-corrected chi connectivity index (χ4v) is 2.27. The Balaban J connectivity index is 2.23. The zero-order valence-electron chi connectivity index (χ0n) is 12.0. The topological polar surface area (TPSA) is 70.6 Å². The van der Waals surface area contributed by atoms with Crippen molar-refractivity contribution in [1.29, 1.82) is 0 Å². The summed E-state index contributed by atoms with van der Waals surface area (Å²) < 4.78 is 13.3. The summed E-state index contributed by atoms with van der Waals surface area (Å²) in [7, 11) is 0. The van der Waals surface area contributed by atoms with Gasteiger partial charge in [-0.15, -0.1) is 0 Å². The molecule has 0 heterocycles. The van der Waals surface area contributed by atoms with Gasteiger partial charge in [0.2, 0.25) is 0 Å². The van der Waals surface area contributed by atoms with E-state index in [9.17, 15) is 4.39 Å². The number of halogens is 1. The van der Waals surface area contributed by atoms with Crippen molar-refractivity contribution >= 4 is 11.5 Å². The maximum Gasteiger partial charge on any atom is 0.170 e. The highest BCUT2D eigenvalue weighted by Crippen LogP contribution is 2.17. The third kappa shape index (κ3) is 3.72. The van der Waals surface area contributed by atoms with Crippen LogP contribution >= 0.6 is 0 Å². The quantitative estimate of drug-likeness (QED) is 0.350. The van der Waals surface area contributed by atoms with Crippen molar-refractivity contribution in [3.63, 3.8) is 0 Å². The van der Waals surface area contributed by atoms with E-state index in [-0.39, 0.29) is 5.84 Å². The summed E-state index contributed by atoms with van der Waals surface area (Å²) in [5.41, 5.74) is 10.0. The molecule has 21 heavy (non-hydrogen) atoms. The van der Waals surface area contributed by atoms with Gasteiger partial charge in [-0.25, -0.2) is 4.39 Å². The average molecular weight is 287 g/mol. The molecule has 4 N–H and O–H groups in total. The van der Waals surface area contributed by atoms with E-state index >= 15 is 0 Å². The van der Waals surface area contributed by atoms with Crippen LogP contribution in [-0.2, 0) is 6.54 Å². The molecule has 0 atom stereocenters. The molecule has 2 rings (SSSR count). The van der Waals surface area contributed by atoms with E-state index in [2.05, 4.69) is 16.5 Å². The second-order valence-electron chi connectivity index (χ2n) is 5.02. The van der Waals surface area contributed by atoms with Crippen LogP contribution < -0.4 is 11.1 Å². The molecule has 0 aliphatic heterocycles. The molecule has 0 radical (unpaired) electrons. The Bertz CT molecular complexity index is 663. The first-order valence-electron chi connectivity index (χ1n) is 6.58. The van der Waals surface area contributed by atoms with Crippen molar-refractivity contribution in [3.05, 3.63) is 64.5 Å². The van der Waals surface area contributed by atoms with Gasteiger partial charge in [-0.3, -0.25) is 0 Å². The van der Waals surface area contributed by atoms with Gasteiger partial charge < -0.3 is 16.3 Å². The van der Waals surface area contributed by atoms with Crippen molar-refractivity contribution in [1.82, 2.24) is 0 Å². The van der Waals surface area contributed by atoms with Gasteiger partial charge >= 0.3 is 0 Å². The molecule has 0 saturated carbocycles. The highest BCUT2D eigenvalue weighted by molar-refractivity contribution is 5.98. The summed E-state index contributed by atoms with van der Waals surface area (Å²) in [5, 5.41) is 15.0. The molecule has 2 aromatic carbocycles. The first-order valence-corrected chi connectivity index (χ1v) is 6.58. The van der Waals surface area contributed by atoms with Gasteiger partial charge in [-0.1, -0.05) is 17.3 Å². The van der Waals surface area contributed by atoms with Gasteiger partial charge in [0.1, 0.15) is 5.82 Å². The van der Waals surface area contributed by atoms with Crippen LogP contribution in [0.15, 0.2) is 41.6 Å². The summed E-state index contributed by atoms with van der Waals surface area (Å²) in [6.45, 7) is 4.50. The molecule has 4 nitrogen and oxygen atoms in total. The molecule has 0 aliphatic rings. The van der Waals surface area contributed by atoms with Gasteiger partial charge in [-0.05, 0) is 54.8 Å². The van der Waals surface area contributed by atoms with Crippen LogP contribution in [-0.4, -0.2) is 11.0 Å². The molecule has 0 spiro atoms. The van der Waals surface area contributed by atoms with Crippen LogP contribution in [0.25, 0.3) is 0 Å². The number of rotatable bonds is 4. The first kappa shape index (κ1) is 14.8. The summed E-state index contributed by atoms with van der Waals surface area (Å²) in [5.74, 6) is -0.529. The zero-order chi connectivity index (χ0) is 15.4. The van der Waals surface area contributed by atoms with E-state index in [0.29, 0.717) is 12.1 Å². The number of aryl methyl sites for hydroxylation is 2. The second-order valence-corrected chi connectivity index (χ2v) is 5.02. The molecule has 2 aromatic rings. The maximum absolute atomic E-state index is 13.3. The molecule has 0 aliphatic carbocycles. The number of nitrogens with zero attached hydrogens (tertiary/aromatic N) is 1. The van der Waals surface area contributed by atoms with Crippen molar-refractivity contribution in [2.75, 3.05) is 5.32 Å². The lowest BCUT2D eigenvalue weighted by Gasteiger charge is -2.12. The van der Waals surface area contributed by atoms with Crippen LogP contribution in [0.3, 0.4) is 0 Å². The minimum Gasteiger partial charge on any atom is -0.409 e. The minimum absolute atomic E-state index is 0.105. The monoisotopic (exact) mass is 287 g/mol. The largest absolute Gasteiger partial charge is 0.409 e. The van der Waals surface area contributed by atoms with Crippen molar-refractivity contribution < 1.29 is 9.60 Å². The lowest BCUT2D eigenvalue weighted by Crippen LogP contribution is -2.17. The number of benzene rings is 2. The Kier molecular flexibility index (Phi) is 4.42. The Morgan fingerprint density at radius 3 is 2.48 bits per heavy atom. The fourth-order valence-electron chi connectivity index (χ4n) is 2.27. The summed E-state index contributed by atoms with van der Waals surface area (Å²) in [6, 6.07) is 10.4. The highest BCUT2D eigenvalue weighted by atomic mass is 19.1. The number of hydrogen-bond donors (Lipinski definition) is 3. The summed E-state index contributed by atoms with van der Waals surface area (Å²) in [6.07, 6.45) is 0. The van der Waals surface area contributed by atoms with E-state index in [1.165, 1.54) is 12.1 Å². The van der Waals surface area contributed by atoms with Crippen LogP contribution in [0.1, 0.15) is 22.3 Å². The standard InChI is InChI=1S/C16H18FN3O/c1-10-5-11(2)7-14(6-10)19-9-12-3-4-13(17)8-15(12)16(18)20-21/h3-8,19,21H,9H2,1-2H3,(H2,18,20). The van der Waals surface area contributed by atoms with Crippen molar-refractivity contribution in [2.45, 2.75) is 20.4 Å². The highest BCUT2D eigenvalue weighted by Gasteiger charge is 2.09. The molecular formula is C16H18FN3O. The third-order valence-electron chi connectivity index (χ3n) is 3.16. The number of nitrogens with two attached hydrogens (primary N) is 1. The molecule has 0 fully saturated rings. The molecule has 0 bridgehead atoms. The van der Waals surface area contributed by atoms with E-state index in [1.807, 2.05) is 26.0 Å². The Labute approximate surface area is 123 Å². The van der Waals surface area contributed by atoms with Gasteiger partial charge in [0, 0.05) is 17.8 Å². The molecule has 0 unspecified atom stereocenters. The van der Waals surface area contributed by atoms with E-state index in [1.54, 1.807) is 6.07 Å². The van der Waals surface area contributed by atoms with Crippen molar-refractivity contribution in [3.8, 4) is 0 Å². The Hall–Kier alpha value is -2.56. The van der Waals surface area contributed by atoms with Gasteiger partial charge in [0.25, 0.3) is 0 Å². The van der Waals surface area contributed by atoms with Crippen LogP contribution in [0.2, 0.25) is 0 Å². The predicted molar refractivity (Wildman–Crippen MR) is 82.2 cm³/mol. The lowest BCUT2D eigenvalue weighted by molar-refractivity contribution is 0.318. The molecule has 0 amide bonds. The van der Waals surface area contributed by atoms with Gasteiger partial charge in [-0.2, -0.15) is 0 Å². The smallest absolute Gasteiger partial charge is 0.170 e. The Morgan fingerprint density at radius 2 is 1.86 bits per heavy atom. The molecule has 0 saturated heterocycles. The normalized spacial score (nSPS) is 11.5. The number of oxime groups is 1. The second kappa shape index (κ2) is 6.26. The maximum atomic E-state index is 13.3. The number of hydrogen-bond acceptors (Lipinski definition) is 3. The SMILES string of the molecule is Cc1cc(C)cc(NCc2ccc(F)cc2C(N)=NO)c1. The predicted octanol–water partition coefficient (Wildman–Crippen LogP) is 3.15. The van der Waals surface area contributed by atoms with E-state index in [0.717, 1.165) is 22.4 Å². The van der Waals surface area contributed by atoms with E-state index in [4.69, 9.17) is 10.9 Å². The molecular weight excluding hydrogens is 269 g/mol. The molecule has 5 heteroatoms. The number of anilines is 1. The third-order valence-corrected chi connectivity index (χ3v) is 3.16. The fraction of sp³-hybridized carbons (Fsp3) is 0.188. The molecule has 0 aromatic heterocycles. The number of nitrogens with one attached hydrogen (secondary N) is 1. The number of amidine groups is 1. The van der Waals surface area contributed by atoms with Gasteiger partial charge in [0.15, 0.2) is 5.84 Å². The Morgan fingerprint density at radius 1 is 1.19 bits per heavy atom. The average Bonchev–Trinajstić information content (AvgIpc) is 2.44. The zero-order valence-corrected chi connectivity index (χ0v) is 12.0. The lowest BCUT2D eigenvalue weighted by atomic mass is 10.1. The van der Waals surface area contributed by atoms with Crippen LogP contribution in [0.4, 0.5) is 10.1 Å². The van der Waals surface area contributed by atoms with Gasteiger partial charge in [0.05, 0.1) is 0 Å². The summed E-state index contributed by atoms with van der Waals surface area (Å²) in [4.78, 5) is 0. The van der Waals surface area contributed by atoms with Crippen LogP contribution in [0.5, 0.6) is 0 Å². The first-order chi connectivity index (χ1) is 9.99. The minimum atomic E-state index is -0.424. The van der Waals surface area contributed by atoms with E-state index < -0.39 is 5.82 Å².